The molecular weight excluding hydrogens is 402 g/mol. The van der Waals surface area contributed by atoms with E-state index in [9.17, 15) is 4.79 Å². The molecule has 32 heavy (non-hydrogen) atoms. The van der Waals surface area contributed by atoms with Crippen LogP contribution in [0.4, 0.5) is 0 Å². The number of benzene rings is 1. The van der Waals surface area contributed by atoms with Crippen molar-refractivity contribution >= 4 is 16.8 Å². The standard InChI is InChI=1S/C25H27N5O2/c31-25(27-9-3-4-20-16-26-10-13-32-20)18-5-7-21-22(17-28-23(21)14-18)19-6-8-24(29-15-19)30-11-1-2-12-30/h1-2,5-8,11-12,14-15,17,20,26,28H,3-4,9-10,13,16H2,(H,27,31). The van der Waals surface area contributed by atoms with Crippen molar-refractivity contribution in [3.63, 3.8) is 0 Å². The van der Waals surface area contributed by atoms with Crippen LogP contribution >= 0.6 is 0 Å². The Balaban J connectivity index is 1.23. The van der Waals surface area contributed by atoms with Crippen molar-refractivity contribution in [2.24, 2.45) is 0 Å². The van der Waals surface area contributed by atoms with Gasteiger partial charge >= 0.3 is 0 Å². The van der Waals surface area contributed by atoms with E-state index in [4.69, 9.17) is 4.74 Å². The van der Waals surface area contributed by atoms with Gasteiger partial charge in [-0.15, -0.1) is 0 Å². The minimum absolute atomic E-state index is 0.0523. The number of aromatic amines is 1. The number of hydrogen-bond donors (Lipinski definition) is 3. The summed E-state index contributed by atoms with van der Waals surface area (Å²) < 4.78 is 7.67. The molecule has 164 valence electrons. The normalized spacial score (nSPS) is 16.3. The molecule has 1 unspecified atom stereocenters. The molecule has 3 N–H and O–H groups in total. The third kappa shape index (κ3) is 4.44. The molecule has 0 spiro atoms. The van der Waals surface area contributed by atoms with E-state index in [-0.39, 0.29) is 12.0 Å². The van der Waals surface area contributed by atoms with E-state index >= 15 is 0 Å². The first-order valence-electron chi connectivity index (χ1n) is 11.1. The summed E-state index contributed by atoms with van der Waals surface area (Å²) in [6.45, 7) is 3.23. The third-order valence-electron chi connectivity index (χ3n) is 5.86. The van der Waals surface area contributed by atoms with Crippen LogP contribution in [0.3, 0.4) is 0 Å². The van der Waals surface area contributed by atoms with Gasteiger partial charge in [-0.3, -0.25) is 4.79 Å². The van der Waals surface area contributed by atoms with Gasteiger partial charge in [0.25, 0.3) is 5.91 Å². The summed E-state index contributed by atoms with van der Waals surface area (Å²) in [6, 6.07) is 13.8. The lowest BCUT2D eigenvalue weighted by molar-refractivity contribution is 0.0225. The fraction of sp³-hybridized carbons (Fsp3) is 0.280. The summed E-state index contributed by atoms with van der Waals surface area (Å²) in [5, 5.41) is 7.42. The zero-order chi connectivity index (χ0) is 21.8. The third-order valence-corrected chi connectivity index (χ3v) is 5.86. The Morgan fingerprint density at radius 1 is 1.22 bits per heavy atom. The molecule has 5 rings (SSSR count). The molecule has 0 bridgehead atoms. The Labute approximate surface area is 186 Å². The summed E-state index contributed by atoms with van der Waals surface area (Å²) in [6.07, 6.45) is 9.90. The maximum atomic E-state index is 12.6. The van der Waals surface area contributed by atoms with Gasteiger partial charge in [-0.2, -0.15) is 0 Å². The fourth-order valence-corrected chi connectivity index (χ4v) is 4.13. The average molecular weight is 430 g/mol. The molecule has 1 fully saturated rings. The molecule has 1 saturated heterocycles. The molecule has 7 heteroatoms. The Hall–Kier alpha value is -3.42. The number of rotatable bonds is 7. The Bertz CT molecular complexity index is 1180. The van der Waals surface area contributed by atoms with Crippen LogP contribution in [-0.4, -0.2) is 52.8 Å². The number of carbonyl (C=O) groups is 1. The summed E-state index contributed by atoms with van der Waals surface area (Å²) >= 11 is 0. The van der Waals surface area contributed by atoms with E-state index in [1.54, 1.807) is 0 Å². The van der Waals surface area contributed by atoms with Crippen molar-refractivity contribution in [2.75, 3.05) is 26.2 Å². The number of nitrogens with zero attached hydrogens (tertiary/aromatic N) is 2. The van der Waals surface area contributed by atoms with Gasteiger partial charge in [0.05, 0.1) is 12.7 Å². The molecule has 1 aliphatic rings. The van der Waals surface area contributed by atoms with Gasteiger partial charge in [0.2, 0.25) is 0 Å². The maximum absolute atomic E-state index is 12.6. The number of hydrogen-bond acceptors (Lipinski definition) is 4. The number of H-pyrrole nitrogens is 1. The Morgan fingerprint density at radius 2 is 2.12 bits per heavy atom. The first-order valence-corrected chi connectivity index (χ1v) is 11.1. The highest BCUT2D eigenvalue weighted by Crippen LogP contribution is 2.29. The van der Waals surface area contributed by atoms with Gasteiger partial charge < -0.3 is 24.9 Å². The van der Waals surface area contributed by atoms with Crippen LogP contribution in [0.2, 0.25) is 0 Å². The molecule has 1 aliphatic heterocycles. The molecule has 1 atom stereocenters. The quantitative estimate of drug-likeness (QED) is 0.393. The monoisotopic (exact) mass is 429 g/mol. The second-order valence-corrected chi connectivity index (χ2v) is 8.05. The van der Waals surface area contributed by atoms with Crippen LogP contribution in [0.5, 0.6) is 0 Å². The molecule has 0 radical (unpaired) electrons. The topological polar surface area (TPSA) is 84.0 Å². The van der Waals surface area contributed by atoms with E-state index in [1.165, 1.54) is 0 Å². The van der Waals surface area contributed by atoms with Crippen LogP contribution in [-0.2, 0) is 4.74 Å². The molecule has 1 amide bonds. The van der Waals surface area contributed by atoms with Crippen molar-refractivity contribution < 1.29 is 9.53 Å². The van der Waals surface area contributed by atoms with Crippen molar-refractivity contribution in [1.29, 1.82) is 0 Å². The van der Waals surface area contributed by atoms with Crippen LogP contribution < -0.4 is 10.6 Å². The second kappa shape index (κ2) is 9.38. The van der Waals surface area contributed by atoms with Crippen LogP contribution in [0.15, 0.2) is 67.3 Å². The minimum Gasteiger partial charge on any atom is -0.376 e. The SMILES string of the molecule is O=C(NCCCC1CNCCO1)c1ccc2c(-c3ccc(-n4cccc4)nc3)c[nH]c2c1. The van der Waals surface area contributed by atoms with Crippen LogP contribution in [0.1, 0.15) is 23.2 Å². The fourth-order valence-electron chi connectivity index (χ4n) is 4.13. The molecule has 4 aromatic rings. The van der Waals surface area contributed by atoms with Gasteiger partial charge in [0.15, 0.2) is 0 Å². The Morgan fingerprint density at radius 3 is 2.91 bits per heavy atom. The smallest absolute Gasteiger partial charge is 0.251 e. The van der Waals surface area contributed by atoms with Crippen LogP contribution in [0.25, 0.3) is 27.8 Å². The van der Waals surface area contributed by atoms with Crippen molar-refractivity contribution in [2.45, 2.75) is 18.9 Å². The van der Waals surface area contributed by atoms with E-state index < -0.39 is 0 Å². The minimum atomic E-state index is -0.0523. The predicted octanol–water partition coefficient (Wildman–Crippen LogP) is 3.52. The Kier molecular flexibility index (Phi) is 6.00. The van der Waals surface area contributed by atoms with Gasteiger partial charge in [-0.1, -0.05) is 6.07 Å². The zero-order valence-corrected chi connectivity index (χ0v) is 17.9. The van der Waals surface area contributed by atoms with Crippen molar-refractivity contribution in [3.8, 4) is 16.9 Å². The van der Waals surface area contributed by atoms with Gasteiger partial charge in [-0.05, 0) is 49.2 Å². The second-order valence-electron chi connectivity index (χ2n) is 8.05. The van der Waals surface area contributed by atoms with Crippen molar-refractivity contribution in [1.82, 2.24) is 25.2 Å². The van der Waals surface area contributed by atoms with E-state index in [2.05, 4.69) is 26.7 Å². The number of pyridine rings is 1. The first-order chi connectivity index (χ1) is 15.8. The highest BCUT2D eigenvalue weighted by atomic mass is 16.5. The molecule has 0 aliphatic carbocycles. The number of amides is 1. The average Bonchev–Trinajstić information content (AvgIpc) is 3.52. The number of morpholine rings is 1. The van der Waals surface area contributed by atoms with E-state index in [1.807, 2.05) is 65.8 Å². The van der Waals surface area contributed by atoms with E-state index in [0.29, 0.717) is 12.1 Å². The number of nitrogens with one attached hydrogen (secondary N) is 3. The lowest BCUT2D eigenvalue weighted by Crippen LogP contribution is -2.38. The molecule has 4 heterocycles. The van der Waals surface area contributed by atoms with Gasteiger partial charge in [0.1, 0.15) is 5.82 Å². The summed E-state index contributed by atoms with van der Waals surface area (Å²) in [7, 11) is 0. The molecular formula is C25H27N5O2. The largest absolute Gasteiger partial charge is 0.376 e. The first kappa shape index (κ1) is 20.5. The molecule has 0 saturated carbocycles. The summed E-state index contributed by atoms with van der Waals surface area (Å²) in [5.41, 5.74) is 3.69. The van der Waals surface area contributed by atoms with Crippen LogP contribution in [0, 0.1) is 0 Å². The lowest BCUT2D eigenvalue weighted by atomic mass is 10.0. The summed E-state index contributed by atoms with van der Waals surface area (Å²) in [4.78, 5) is 20.5. The molecule has 1 aromatic carbocycles. The zero-order valence-electron chi connectivity index (χ0n) is 17.9. The number of fused-ring (bicyclic) bond motifs is 1. The van der Waals surface area contributed by atoms with Crippen molar-refractivity contribution in [3.05, 3.63) is 72.8 Å². The lowest BCUT2D eigenvalue weighted by Gasteiger charge is -2.23. The number of aromatic nitrogens is 3. The summed E-state index contributed by atoms with van der Waals surface area (Å²) in [5.74, 6) is 0.826. The highest BCUT2D eigenvalue weighted by molar-refractivity contribution is 6.01. The molecule has 3 aromatic heterocycles. The number of carbonyl (C=O) groups excluding carboxylic acids is 1. The van der Waals surface area contributed by atoms with Gasteiger partial charge in [-0.25, -0.2) is 4.98 Å². The molecule has 7 nitrogen and oxygen atoms in total. The number of ether oxygens (including phenoxy) is 1. The predicted molar refractivity (Wildman–Crippen MR) is 125 cm³/mol. The highest BCUT2D eigenvalue weighted by Gasteiger charge is 2.14. The maximum Gasteiger partial charge on any atom is 0.251 e. The van der Waals surface area contributed by atoms with Gasteiger partial charge in [0, 0.05) is 72.0 Å². The van der Waals surface area contributed by atoms with E-state index in [0.717, 1.165) is 60.4 Å².